The number of imide groups is 1. The van der Waals surface area contributed by atoms with Crippen molar-refractivity contribution in [2.24, 2.45) is 0 Å². The molecule has 0 aliphatic carbocycles. The van der Waals surface area contributed by atoms with E-state index >= 15 is 0 Å². The molecule has 16 heavy (non-hydrogen) atoms. The molecule has 0 aromatic heterocycles. The number of urea groups is 1. The average molecular weight is 220 g/mol. The first-order valence-electron chi connectivity index (χ1n) is 4.91. The molecular weight excluding hydrogens is 208 g/mol. The second kappa shape index (κ2) is 3.52. The van der Waals surface area contributed by atoms with E-state index in [4.69, 9.17) is 5.11 Å². The van der Waals surface area contributed by atoms with Gasteiger partial charge >= 0.3 is 6.03 Å². The Labute approximate surface area is 92.5 Å². The summed E-state index contributed by atoms with van der Waals surface area (Å²) in [5, 5.41) is 13.9. The van der Waals surface area contributed by atoms with Crippen LogP contribution < -0.4 is 10.6 Å². The van der Waals surface area contributed by atoms with E-state index in [9.17, 15) is 9.59 Å². The number of phenols is 1. The molecule has 1 aliphatic heterocycles. The molecule has 5 heteroatoms. The number of amides is 3. The Kier molecular flexibility index (Phi) is 2.30. The summed E-state index contributed by atoms with van der Waals surface area (Å²) in [6.45, 7) is 1.67. The van der Waals surface area contributed by atoms with Crippen LogP contribution in [-0.2, 0) is 11.2 Å². The zero-order valence-electron chi connectivity index (χ0n) is 8.78. The van der Waals surface area contributed by atoms with Gasteiger partial charge in [-0.3, -0.25) is 10.1 Å². The Bertz CT molecular complexity index is 441. The molecule has 0 bridgehead atoms. The van der Waals surface area contributed by atoms with Crippen LogP contribution in [0.4, 0.5) is 4.79 Å². The highest BCUT2D eigenvalue weighted by atomic mass is 16.3. The monoisotopic (exact) mass is 220 g/mol. The van der Waals surface area contributed by atoms with Gasteiger partial charge in [0.2, 0.25) is 0 Å². The maximum Gasteiger partial charge on any atom is 0.322 e. The van der Waals surface area contributed by atoms with Crippen LogP contribution in [0.25, 0.3) is 0 Å². The van der Waals surface area contributed by atoms with Crippen molar-refractivity contribution in [2.45, 2.75) is 18.9 Å². The first-order chi connectivity index (χ1) is 7.49. The van der Waals surface area contributed by atoms with Gasteiger partial charge in [-0.1, -0.05) is 12.1 Å². The van der Waals surface area contributed by atoms with Crippen molar-refractivity contribution in [3.63, 3.8) is 0 Å². The third-order valence-corrected chi connectivity index (χ3v) is 2.61. The topological polar surface area (TPSA) is 78.4 Å². The Morgan fingerprint density at radius 2 is 1.88 bits per heavy atom. The third-order valence-electron chi connectivity index (χ3n) is 2.61. The molecule has 3 amide bonds. The van der Waals surface area contributed by atoms with E-state index in [1.54, 1.807) is 31.2 Å². The highest BCUT2D eigenvalue weighted by molar-refractivity contribution is 6.06. The molecule has 1 saturated heterocycles. The van der Waals surface area contributed by atoms with Gasteiger partial charge in [-0.2, -0.15) is 0 Å². The SMILES string of the molecule is C[C@]1(Cc2ccc(O)cc2)NC(=O)NC1=O. The summed E-state index contributed by atoms with van der Waals surface area (Å²) in [5.74, 6) is -0.153. The molecule has 84 valence electrons. The van der Waals surface area contributed by atoms with Crippen molar-refractivity contribution in [1.82, 2.24) is 10.6 Å². The molecule has 1 aromatic carbocycles. The highest BCUT2D eigenvalue weighted by Crippen LogP contribution is 2.18. The van der Waals surface area contributed by atoms with Crippen LogP contribution in [0.15, 0.2) is 24.3 Å². The van der Waals surface area contributed by atoms with E-state index in [0.717, 1.165) is 5.56 Å². The number of carbonyl (C=O) groups excluding carboxylic acids is 2. The van der Waals surface area contributed by atoms with Crippen LogP contribution in [0, 0.1) is 0 Å². The van der Waals surface area contributed by atoms with Crippen LogP contribution in [0.2, 0.25) is 0 Å². The largest absolute Gasteiger partial charge is 0.508 e. The van der Waals surface area contributed by atoms with Crippen LogP contribution in [0.3, 0.4) is 0 Å². The number of hydrogen-bond acceptors (Lipinski definition) is 3. The molecule has 1 fully saturated rings. The maximum absolute atomic E-state index is 11.5. The number of benzene rings is 1. The first-order valence-corrected chi connectivity index (χ1v) is 4.91. The van der Waals surface area contributed by atoms with Crippen molar-refractivity contribution < 1.29 is 14.7 Å². The third kappa shape index (κ3) is 1.84. The Morgan fingerprint density at radius 1 is 1.25 bits per heavy atom. The lowest BCUT2D eigenvalue weighted by Crippen LogP contribution is -2.45. The van der Waals surface area contributed by atoms with Crippen LogP contribution in [0.1, 0.15) is 12.5 Å². The molecule has 0 unspecified atom stereocenters. The molecular formula is C11H12N2O3. The highest BCUT2D eigenvalue weighted by Gasteiger charge is 2.41. The minimum atomic E-state index is -0.909. The second-order valence-corrected chi connectivity index (χ2v) is 4.08. The number of hydrogen-bond donors (Lipinski definition) is 3. The molecule has 2 rings (SSSR count). The summed E-state index contributed by atoms with van der Waals surface area (Å²) in [7, 11) is 0. The minimum Gasteiger partial charge on any atom is -0.508 e. The van der Waals surface area contributed by atoms with Crippen LogP contribution >= 0.6 is 0 Å². The lowest BCUT2D eigenvalue weighted by Gasteiger charge is -2.20. The summed E-state index contributed by atoms with van der Waals surface area (Å²) in [6, 6.07) is 6.07. The van der Waals surface area contributed by atoms with Gasteiger partial charge in [0.25, 0.3) is 5.91 Å². The lowest BCUT2D eigenvalue weighted by atomic mass is 9.93. The van der Waals surface area contributed by atoms with Gasteiger partial charge in [0.15, 0.2) is 0 Å². The molecule has 1 atom stereocenters. The number of carbonyl (C=O) groups is 2. The number of nitrogens with one attached hydrogen (secondary N) is 2. The van der Waals surface area contributed by atoms with Crippen LogP contribution in [0.5, 0.6) is 5.75 Å². The van der Waals surface area contributed by atoms with E-state index in [0.29, 0.717) is 6.42 Å². The predicted octanol–water partition coefficient (Wildman–Crippen LogP) is 0.533. The van der Waals surface area contributed by atoms with Crippen molar-refractivity contribution in [3.05, 3.63) is 29.8 Å². The van der Waals surface area contributed by atoms with Crippen molar-refractivity contribution >= 4 is 11.9 Å². The summed E-state index contributed by atoms with van der Waals surface area (Å²) >= 11 is 0. The predicted molar refractivity (Wildman–Crippen MR) is 56.9 cm³/mol. The van der Waals surface area contributed by atoms with E-state index in [1.807, 2.05) is 0 Å². The Hall–Kier alpha value is -2.04. The Morgan fingerprint density at radius 3 is 2.38 bits per heavy atom. The first kappa shape index (κ1) is 10.5. The zero-order valence-corrected chi connectivity index (χ0v) is 8.78. The minimum absolute atomic E-state index is 0.175. The average Bonchev–Trinajstić information content (AvgIpc) is 2.44. The fraction of sp³-hybridized carbons (Fsp3) is 0.273. The Balaban J connectivity index is 2.18. The van der Waals surface area contributed by atoms with Gasteiger partial charge in [0, 0.05) is 6.42 Å². The summed E-state index contributed by atoms with van der Waals surface area (Å²) < 4.78 is 0. The second-order valence-electron chi connectivity index (χ2n) is 4.08. The smallest absolute Gasteiger partial charge is 0.322 e. The standard InChI is InChI=1S/C11H12N2O3/c1-11(9(15)12-10(16)13-11)6-7-2-4-8(14)5-3-7/h2-5,14H,6H2,1H3,(H2,12,13,15,16)/t11-/m1/s1. The van der Waals surface area contributed by atoms with E-state index in [2.05, 4.69) is 10.6 Å². The lowest BCUT2D eigenvalue weighted by molar-refractivity contribution is -0.123. The van der Waals surface area contributed by atoms with Crippen LogP contribution in [-0.4, -0.2) is 22.6 Å². The van der Waals surface area contributed by atoms with Gasteiger partial charge in [-0.05, 0) is 24.6 Å². The van der Waals surface area contributed by atoms with Gasteiger partial charge in [0.05, 0.1) is 0 Å². The fourth-order valence-electron chi connectivity index (χ4n) is 1.73. The van der Waals surface area contributed by atoms with Gasteiger partial charge in [-0.15, -0.1) is 0 Å². The van der Waals surface area contributed by atoms with Crippen molar-refractivity contribution in [2.75, 3.05) is 0 Å². The van der Waals surface area contributed by atoms with Gasteiger partial charge in [-0.25, -0.2) is 4.79 Å². The summed E-state index contributed by atoms with van der Waals surface area (Å²) in [6.07, 6.45) is 0.394. The van der Waals surface area contributed by atoms with E-state index in [-0.39, 0.29) is 11.7 Å². The normalized spacial score (nSPS) is 24.1. The molecule has 0 spiro atoms. The quantitative estimate of drug-likeness (QED) is 0.636. The molecule has 0 saturated carbocycles. The molecule has 5 nitrogen and oxygen atoms in total. The van der Waals surface area contributed by atoms with E-state index < -0.39 is 11.6 Å². The number of aromatic hydroxyl groups is 1. The molecule has 1 aromatic rings. The van der Waals surface area contributed by atoms with Gasteiger partial charge < -0.3 is 10.4 Å². The molecule has 1 heterocycles. The fourth-order valence-corrected chi connectivity index (χ4v) is 1.73. The number of phenolic OH excluding ortho intramolecular Hbond substituents is 1. The summed E-state index contributed by atoms with van der Waals surface area (Å²) in [4.78, 5) is 22.6. The van der Waals surface area contributed by atoms with Crippen molar-refractivity contribution in [1.29, 1.82) is 0 Å². The number of rotatable bonds is 2. The zero-order chi connectivity index (χ0) is 11.8. The van der Waals surface area contributed by atoms with Crippen molar-refractivity contribution in [3.8, 4) is 5.75 Å². The molecule has 3 N–H and O–H groups in total. The summed E-state index contributed by atoms with van der Waals surface area (Å²) in [5.41, 5.74) is -0.0359. The molecule has 1 aliphatic rings. The maximum atomic E-state index is 11.5. The molecule has 0 radical (unpaired) electrons. The van der Waals surface area contributed by atoms with Gasteiger partial charge in [0.1, 0.15) is 11.3 Å². The van der Waals surface area contributed by atoms with E-state index in [1.165, 1.54) is 0 Å².